The molecule has 11 heteroatoms. The van der Waals surface area contributed by atoms with E-state index in [1.54, 1.807) is 11.4 Å². The summed E-state index contributed by atoms with van der Waals surface area (Å²) in [7, 11) is 1.47. The number of imide groups is 2. The zero-order valence-electron chi connectivity index (χ0n) is 25.9. The normalized spacial score (nSPS) is 11.3. The van der Waals surface area contributed by atoms with E-state index in [0.29, 0.717) is 37.9 Å². The molecule has 0 bridgehead atoms. The van der Waals surface area contributed by atoms with Gasteiger partial charge in [-0.3, -0.25) is 28.9 Å². The van der Waals surface area contributed by atoms with Crippen molar-refractivity contribution in [3.05, 3.63) is 29.3 Å². The van der Waals surface area contributed by atoms with Gasteiger partial charge in [0, 0.05) is 30.9 Å². The van der Waals surface area contributed by atoms with Gasteiger partial charge in [0.05, 0.1) is 17.7 Å². The van der Waals surface area contributed by atoms with E-state index >= 15 is 0 Å². The van der Waals surface area contributed by atoms with Crippen molar-refractivity contribution in [2.75, 3.05) is 32.2 Å². The second-order valence-electron chi connectivity index (χ2n) is 10.2. The van der Waals surface area contributed by atoms with Crippen LogP contribution in [0, 0.1) is 6.92 Å². The average molecular weight is 567 g/mol. The van der Waals surface area contributed by atoms with Crippen molar-refractivity contribution in [3.63, 3.8) is 0 Å². The lowest BCUT2D eigenvalue weighted by Gasteiger charge is -2.33. The van der Waals surface area contributed by atoms with Crippen molar-refractivity contribution in [1.82, 2.24) is 15.5 Å². The van der Waals surface area contributed by atoms with Crippen LogP contribution in [0.5, 0.6) is 0 Å². The van der Waals surface area contributed by atoms with Gasteiger partial charge in [-0.1, -0.05) is 33.3 Å². The number of amides is 5. The van der Waals surface area contributed by atoms with Crippen LogP contribution in [0.3, 0.4) is 0 Å². The van der Waals surface area contributed by atoms with Gasteiger partial charge in [-0.25, -0.2) is 0 Å². The van der Waals surface area contributed by atoms with Crippen molar-refractivity contribution in [3.8, 4) is 0 Å². The Bertz CT molecular complexity index is 914. The Morgan fingerprint density at radius 2 is 1.68 bits per heavy atom. The van der Waals surface area contributed by atoms with Crippen LogP contribution in [-0.4, -0.2) is 80.0 Å². The number of aryl methyl sites for hydroxylation is 1. The third-order valence-electron chi connectivity index (χ3n) is 5.43. The number of methoxy groups -OCH3 is 1. The van der Waals surface area contributed by atoms with Crippen molar-refractivity contribution in [2.24, 2.45) is 0 Å². The van der Waals surface area contributed by atoms with Crippen LogP contribution in [-0.2, 0) is 28.7 Å². The van der Waals surface area contributed by atoms with Crippen LogP contribution in [0.2, 0.25) is 0 Å². The first-order chi connectivity index (χ1) is 18.8. The lowest BCUT2D eigenvalue weighted by atomic mass is 10.0. The SMILES string of the molecule is CC.CCCC(C)N(C=O)C(=O)c1cc(NC(C)(C)COC(C)(C)CNC(=O)COC)ccc1C.O=CNC=O. The molecule has 228 valence electrons. The molecule has 3 N–H and O–H groups in total. The van der Waals surface area contributed by atoms with E-state index in [1.807, 2.05) is 74.4 Å². The Morgan fingerprint density at radius 1 is 1.07 bits per heavy atom. The number of anilines is 1. The summed E-state index contributed by atoms with van der Waals surface area (Å²) in [6.07, 6.45) is 2.89. The fourth-order valence-corrected chi connectivity index (χ4v) is 3.35. The first kappa shape index (κ1) is 38.8. The molecule has 1 aromatic rings. The minimum atomic E-state index is -0.573. The minimum Gasteiger partial charge on any atom is -0.378 e. The number of carbonyl (C=O) groups excluding carboxylic acids is 5. The standard InChI is InChI=1S/C25H41N3O5.C2H3NO2.C2H6/c1-9-10-19(3)28(17-29)23(31)21-13-20(12-11-18(21)2)27-24(4,5)16-33-25(6,7)15-26-22(30)14-32-8;4-1-3-2-5;1-2/h11-13,17,19,27H,9-10,14-16H2,1-8H3,(H,26,30);1-2H,(H,3,4,5);1-2H3. The van der Waals surface area contributed by atoms with E-state index in [2.05, 4.69) is 10.6 Å². The number of hydrogen-bond donors (Lipinski definition) is 3. The molecule has 1 unspecified atom stereocenters. The monoisotopic (exact) mass is 566 g/mol. The maximum atomic E-state index is 13.1. The number of nitrogens with one attached hydrogen (secondary N) is 3. The molecule has 1 aromatic carbocycles. The van der Waals surface area contributed by atoms with Crippen LogP contribution in [0.25, 0.3) is 0 Å². The second-order valence-corrected chi connectivity index (χ2v) is 10.2. The Labute approximate surface area is 239 Å². The molecule has 0 aliphatic rings. The number of hydrogen-bond acceptors (Lipinski definition) is 8. The molecule has 5 amide bonds. The molecule has 0 aromatic heterocycles. The van der Waals surface area contributed by atoms with Crippen molar-refractivity contribution >= 4 is 36.7 Å². The van der Waals surface area contributed by atoms with E-state index in [9.17, 15) is 14.4 Å². The van der Waals surface area contributed by atoms with Crippen molar-refractivity contribution in [2.45, 2.75) is 92.3 Å². The number of rotatable bonds is 16. The van der Waals surface area contributed by atoms with Gasteiger partial charge in [0.15, 0.2) is 0 Å². The summed E-state index contributed by atoms with van der Waals surface area (Å²) >= 11 is 0. The molecule has 11 nitrogen and oxygen atoms in total. The second kappa shape index (κ2) is 20.6. The fraction of sp³-hybridized carbons (Fsp3) is 0.621. The first-order valence-corrected chi connectivity index (χ1v) is 13.5. The molecular weight excluding hydrogens is 516 g/mol. The molecule has 0 spiro atoms. The molecule has 0 heterocycles. The zero-order chi connectivity index (χ0) is 31.4. The number of carbonyl (C=O) groups is 5. The molecule has 0 radical (unpaired) electrons. The molecular formula is C29H50N4O7. The third kappa shape index (κ3) is 15.9. The van der Waals surface area contributed by atoms with Crippen LogP contribution in [0.1, 0.15) is 84.2 Å². The fourth-order valence-electron chi connectivity index (χ4n) is 3.35. The van der Waals surface area contributed by atoms with Gasteiger partial charge in [0.25, 0.3) is 5.91 Å². The van der Waals surface area contributed by atoms with Gasteiger partial charge < -0.3 is 25.4 Å². The number of nitrogens with zero attached hydrogens (tertiary/aromatic N) is 1. The van der Waals surface area contributed by atoms with E-state index < -0.39 is 11.1 Å². The van der Waals surface area contributed by atoms with E-state index in [-0.39, 0.29) is 24.5 Å². The Balaban J connectivity index is 0. The van der Waals surface area contributed by atoms with E-state index in [4.69, 9.17) is 19.1 Å². The van der Waals surface area contributed by atoms with E-state index in [0.717, 1.165) is 24.1 Å². The molecule has 1 atom stereocenters. The summed E-state index contributed by atoms with van der Waals surface area (Å²) in [6.45, 7) is 18.3. The summed E-state index contributed by atoms with van der Waals surface area (Å²) in [4.78, 5) is 55.7. The molecule has 0 aliphatic carbocycles. The predicted octanol–water partition coefficient (Wildman–Crippen LogP) is 3.45. The number of benzene rings is 1. The van der Waals surface area contributed by atoms with Gasteiger partial charge in [-0.05, 0) is 65.7 Å². The highest BCUT2D eigenvalue weighted by Crippen LogP contribution is 2.23. The van der Waals surface area contributed by atoms with Crippen molar-refractivity contribution < 1.29 is 33.4 Å². The summed E-state index contributed by atoms with van der Waals surface area (Å²) in [5, 5.41) is 7.96. The largest absolute Gasteiger partial charge is 0.378 e. The third-order valence-corrected chi connectivity index (χ3v) is 5.43. The van der Waals surface area contributed by atoms with Crippen LogP contribution in [0.15, 0.2) is 18.2 Å². The van der Waals surface area contributed by atoms with Crippen molar-refractivity contribution in [1.29, 1.82) is 0 Å². The highest BCUT2D eigenvalue weighted by atomic mass is 16.5. The molecule has 40 heavy (non-hydrogen) atoms. The maximum Gasteiger partial charge on any atom is 0.260 e. The van der Waals surface area contributed by atoms with Gasteiger partial charge in [-0.15, -0.1) is 0 Å². The first-order valence-electron chi connectivity index (χ1n) is 13.5. The quantitative estimate of drug-likeness (QED) is 0.258. The van der Waals surface area contributed by atoms with Crippen LogP contribution < -0.4 is 16.0 Å². The Kier molecular flexibility index (Phi) is 20.0. The lowest BCUT2D eigenvalue weighted by Crippen LogP contribution is -2.46. The molecule has 0 saturated heterocycles. The molecule has 0 fully saturated rings. The summed E-state index contributed by atoms with van der Waals surface area (Å²) < 4.78 is 10.9. The van der Waals surface area contributed by atoms with Crippen LogP contribution >= 0.6 is 0 Å². The van der Waals surface area contributed by atoms with Gasteiger partial charge in [0.2, 0.25) is 25.1 Å². The molecule has 1 rings (SSSR count). The van der Waals surface area contributed by atoms with E-state index in [1.165, 1.54) is 12.0 Å². The Morgan fingerprint density at radius 3 is 2.15 bits per heavy atom. The Hall–Kier alpha value is -3.31. The molecule has 0 saturated carbocycles. The van der Waals surface area contributed by atoms with Gasteiger partial charge >= 0.3 is 0 Å². The highest BCUT2D eigenvalue weighted by Gasteiger charge is 2.27. The lowest BCUT2D eigenvalue weighted by molar-refractivity contribution is -0.126. The zero-order valence-corrected chi connectivity index (χ0v) is 25.9. The molecule has 0 aliphatic heterocycles. The predicted molar refractivity (Wildman–Crippen MR) is 157 cm³/mol. The topological polar surface area (TPSA) is 143 Å². The summed E-state index contributed by atoms with van der Waals surface area (Å²) in [6, 6.07) is 5.40. The van der Waals surface area contributed by atoms with Gasteiger partial charge in [-0.2, -0.15) is 0 Å². The van der Waals surface area contributed by atoms with Crippen LogP contribution in [0.4, 0.5) is 5.69 Å². The smallest absolute Gasteiger partial charge is 0.260 e. The average Bonchev–Trinajstić information content (AvgIpc) is 2.90. The summed E-state index contributed by atoms with van der Waals surface area (Å²) in [5.41, 5.74) is 1.04. The highest BCUT2D eigenvalue weighted by molar-refractivity contribution is 6.01. The maximum absolute atomic E-state index is 13.1. The summed E-state index contributed by atoms with van der Waals surface area (Å²) in [5.74, 6) is -0.491. The van der Waals surface area contributed by atoms with Gasteiger partial charge in [0.1, 0.15) is 6.61 Å². The number of ether oxygens (including phenoxy) is 2. The minimum absolute atomic E-state index is 0.0103.